The molecule has 0 aliphatic carbocycles. The monoisotopic (exact) mass is 295 g/mol. The van der Waals surface area contributed by atoms with E-state index in [1.807, 2.05) is 48.5 Å². The normalized spacial score (nSPS) is 12.0. The smallest absolute Gasteiger partial charge is 0.279 e. The Balaban J connectivity index is 2.05. The van der Waals surface area contributed by atoms with Crippen molar-refractivity contribution in [2.75, 3.05) is 5.32 Å². The topological polar surface area (TPSA) is 74.0 Å². The van der Waals surface area contributed by atoms with Crippen LogP contribution in [0.4, 0.5) is 5.69 Å². The molecule has 0 aliphatic heterocycles. The Morgan fingerprint density at radius 2 is 1.64 bits per heavy atom. The SMILES string of the molecule is CC(=NCc1ccccc1)C(=NO)C(=O)Nc1ccccc1. The number of hydrogen-bond donors (Lipinski definition) is 2. The minimum absolute atomic E-state index is 0.0974. The van der Waals surface area contributed by atoms with Crippen molar-refractivity contribution in [2.45, 2.75) is 13.5 Å². The van der Waals surface area contributed by atoms with E-state index in [2.05, 4.69) is 15.5 Å². The van der Waals surface area contributed by atoms with Gasteiger partial charge in [0.05, 0.1) is 12.3 Å². The fourth-order valence-corrected chi connectivity index (χ4v) is 1.86. The molecule has 2 N–H and O–H groups in total. The first-order valence-electron chi connectivity index (χ1n) is 6.84. The molecule has 0 aliphatic rings. The maximum Gasteiger partial charge on any atom is 0.279 e. The van der Waals surface area contributed by atoms with E-state index in [1.165, 1.54) is 0 Å². The highest BCUT2D eigenvalue weighted by atomic mass is 16.4. The molecule has 22 heavy (non-hydrogen) atoms. The van der Waals surface area contributed by atoms with Crippen LogP contribution in [0.1, 0.15) is 12.5 Å². The maximum absolute atomic E-state index is 12.1. The van der Waals surface area contributed by atoms with Gasteiger partial charge in [0.1, 0.15) is 0 Å². The molecule has 5 nitrogen and oxygen atoms in total. The highest BCUT2D eigenvalue weighted by Gasteiger charge is 2.15. The molecule has 0 saturated heterocycles. The van der Waals surface area contributed by atoms with E-state index >= 15 is 0 Å². The molecular formula is C17H17N3O2. The zero-order valence-corrected chi connectivity index (χ0v) is 12.2. The average Bonchev–Trinajstić information content (AvgIpc) is 2.55. The van der Waals surface area contributed by atoms with Crippen molar-refractivity contribution in [3.8, 4) is 0 Å². The number of nitrogens with zero attached hydrogens (tertiary/aromatic N) is 2. The number of aliphatic imine (C=N–C) groups is 1. The number of carbonyl (C=O) groups excluding carboxylic acids is 1. The summed E-state index contributed by atoms with van der Waals surface area (Å²) in [5, 5.41) is 14.8. The van der Waals surface area contributed by atoms with Crippen LogP contribution in [0.3, 0.4) is 0 Å². The first-order chi connectivity index (χ1) is 10.7. The van der Waals surface area contributed by atoms with E-state index in [-0.39, 0.29) is 5.71 Å². The van der Waals surface area contributed by atoms with Gasteiger partial charge in [-0.1, -0.05) is 53.7 Å². The summed E-state index contributed by atoms with van der Waals surface area (Å²) in [5.74, 6) is -0.497. The summed E-state index contributed by atoms with van der Waals surface area (Å²) in [6, 6.07) is 18.6. The Labute approximate surface area is 129 Å². The zero-order valence-electron chi connectivity index (χ0n) is 12.2. The summed E-state index contributed by atoms with van der Waals surface area (Å²) < 4.78 is 0. The van der Waals surface area contributed by atoms with Gasteiger partial charge in [-0.05, 0) is 24.6 Å². The van der Waals surface area contributed by atoms with Crippen LogP contribution < -0.4 is 5.32 Å². The van der Waals surface area contributed by atoms with Gasteiger partial charge >= 0.3 is 0 Å². The lowest BCUT2D eigenvalue weighted by molar-refractivity contribution is -0.110. The molecule has 0 spiro atoms. The molecule has 112 valence electrons. The second-order valence-corrected chi connectivity index (χ2v) is 4.66. The molecule has 5 heteroatoms. The third-order valence-electron chi connectivity index (χ3n) is 3.03. The van der Waals surface area contributed by atoms with Gasteiger partial charge in [0, 0.05) is 5.69 Å². The molecule has 0 aromatic heterocycles. The maximum atomic E-state index is 12.1. The van der Waals surface area contributed by atoms with Crippen LogP contribution in [0.2, 0.25) is 0 Å². The fraction of sp³-hybridized carbons (Fsp3) is 0.118. The van der Waals surface area contributed by atoms with Crippen LogP contribution in [0.25, 0.3) is 0 Å². The number of nitrogens with one attached hydrogen (secondary N) is 1. The second-order valence-electron chi connectivity index (χ2n) is 4.66. The predicted octanol–water partition coefficient (Wildman–Crippen LogP) is 3.12. The van der Waals surface area contributed by atoms with Crippen molar-refractivity contribution in [3.05, 3.63) is 66.2 Å². The van der Waals surface area contributed by atoms with Crippen LogP contribution in [0, 0.1) is 0 Å². The molecule has 0 heterocycles. The van der Waals surface area contributed by atoms with E-state index in [1.54, 1.807) is 19.1 Å². The highest BCUT2D eigenvalue weighted by Crippen LogP contribution is 2.06. The summed E-state index contributed by atoms with van der Waals surface area (Å²) in [5.41, 5.74) is 1.92. The Bertz CT molecular complexity index is 680. The highest BCUT2D eigenvalue weighted by molar-refractivity contribution is 6.68. The number of carbonyl (C=O) groups is 1. The summed E-state index contributed by atoms with van der Waals surface area (Å²) in [7, 11) is 0. The van der Waals surface area contributed by atoms with Gasteiger partial charge in [-0.15, -0.1) is 0 Å². The Kier molecular flexibility index (Phi) is 5.43. The lowest BCUT2D eigenvalue weighted by atomic mass is 10.2. The van der Waals surface area contributed by atoms with Gasteiger partial charge in [-0.3, -0.25) is 9.79 Å². The number of rotatable bonds is 5. The third kappa shape index (κ3) is 4.28. The van der Waals surface area contributed by atoms with E-state index in [4.69, 9.17) is 5.21 Å². The molecule has 0 saturated carbocycles. The third-order valence-corrected chi connectivity index (χ3v) is 3.03. The summed E-state index contributed by atoms with van der Waals surface area (Å²) in [4.78, 5) is 16.4. The lowest BCUT2D eigenvalue weighted by Gasteiger charge is -2.06. The van der Waals surface area contributed by atoms with E-state index in [0.717, 1.165) is 5.56 Å². The van der Waals surface area contributed by atoms with Crippen molar-refractivity contribution in [1.82, 2.24) is 0 Å². The molecule has 2 rings (SSSR count). The number of oxime groups is 1. The minimum Gasteiger partial charge on any atom is -0.410 e. The second kappa shape index (κ2) is 7.73. The van der Waals surface area contributed by atoms with Gasteiger partial charge in [0.25, 0.3) is 5.91 Å². The first-order valence-corrected chi connectivity index (χ1v) is 6.84. The molecule has 1 amide bonds. The van der Waals surface area contributed by atoms with E-state index in [0.29, 0.717) is 17.9 Å². The Hall–Kier alpha value is -2.95. The lowest BCUT2D eigenvalue weighted by Crippen LogP contribution is -2.28. The molecular weight excluding hydrogens is 278 g/mol. The molecule has 2 aromatic carbocycles. The average molecular weight is 295 g/mol. The molecule has 0 radical (unpaired) electrons. The van der Waals surface area contributed by atoms with E-state index < -0.39 is 5.91 Å². The van der Waals surface area contributed by atoms with Gasteiger partial charge in [0.15, 0.2) is 5.71 Å². The molecule has 0 atom stereocenters. The number of hydrogen-bond acceptors (Lipinski definition) is 4. The zero-order chi connectivity index (χ0) is 15.8. The molecule has 0 bridgehead atoms. The molecule has 2 aromatic rings. The van der Waals surface area contributed by atoms with Crippen LogP contribution in [0.15, 0.2) is 70.8 Å². The van der Waals surface area contributed by atoms with Crippen molar-refractivity contribution in [2.24, 2.45) is 10.1 Å². The van der Waals surface area contributed by atoms with Crippen molar-refractivity contribution >= 4 is 23.0 Å². The molecule has 0 unspecified atom stereocenters. The Morgan fingerprint density at radius 3 is 2.23 bits per heavy atom. The Morgan fingerprint density at radius 1 is 1.05 bits per heavy atom. The summed E-state index contributed by atoms with van der Waals surface area (Å²) in [6.07, 6.45) is 0. The standard InChI is InChI=1S/C17H17N3O2/c1-13(18-12-14-8-4-2-5-9-14)16(20-22)17(21)19-15-10-6-3-7-11-15/h2-11,22H,12H2,1H3,(H,19,21). The van der Waals surface area contributed by atoms with Gasteiger partial charge in [-0.25, -0.2) is 0 Å². The largest absolute Gasteiger partial charge is 0.410 e. The number of benzene rings is 2. The van der Waals surface area contributed by atoms with Crippen LogP contribution in [-0.4, -0.2) is 22.5 Å². The number of amides is 1. The van der Waals surface area contributed by atoms with Crippen molar-refractivity contribution < 1.29 is 10.0 Å². The van der Waals surface area contributed by atoms with E-state index in [9.17, 15) is 4.79 Å². The van der Waals surface area contributed by atoms with Gasteiger partial charge < -0.3 is 10.5 Å². The quantitative estimate of drug-likeness (QED) is 0.505. The van der Waals surface area contributed by atoms with Crippen molar-refractivity contribution in [3.63, 3.8) is 0 Å². The van der Waals surface area contributed by atoms with Crippen LogP contribution in [-0.2, 0) is 11.3 Å². The number of para-hydroxylation sites is 1. The fourth-order valence-electron chi connectivity index (χ4n) is 1.86. The number of anilines is 1. The van der Waals surface area contributed by atoms with Crippen LogP contribution >= 0.6 is 0 Å². The molecule has 0 fully saturated rings. The van der Waals surface area contributed by atoms with Gasteiger partial charge in [0.2, 0.25) is 0 Å². The predicted molar refractivity (Wildman–Crippen MR) is 87.5 cm³/mol. The summed E-state index contributed by atoms with van der Waals surface area (Å²) >= 11 is 0. The van der Waals surface area contributed by atoms with Gasteiger partial charge in [-0.2, -0.15) is 0 Å². The van der Waals surface area contributed by atoms with Crippen LogP contribution in [0.5, 0.6) is 0 Å². The minimum atomic E-state index is -0.497. The summed E-state index contributed by atoms with van der Waals surface area (Å²) in [6.45, 7) is 2.06. The first kappa shape index (κ1) is 15.4. The van der Waals surface area contributed by atoms with Crippen molar-refractivity contribution in [1.29, 1.82) is 0 Å².